The summed E-state index contributed by atoms with van der Waals surface area (Å²) in [5.41, 5.74) is 3.49. The fraction of sp³-hybridized carbons (Fsp3) is 0.576. The van der Waals surface area contributed by atoms with Crippen LogP contribution in [0.3, 0.4) is 0 Å². The average Bonchev–Trinajstić information content (AvgIpc) is 2.92. The van der Waals surface area contributed by atoms with Gasteiger partial charge in [-0.1, -0.05) is 42.5 Å². The summed E-state index contributed by atoms with van der Waals surface area (Å²) in [6, 6.07) is 12.8. The fourth-order valence-electron chi connectivity index (χ4n) is 6.50. The van der Waals surface area contributed by atoms with E-state index in [1.807, 2.05) is 0 Å². The molecule has 0 amide bonds. The van der Waals surface area contributed by atoms with Gasteiger partial charge in [-0.3, -0.25) is 0 Å². The Bertz CT molecular complexity index is 964. The number of allylic oxidation sites excluding steroid dienone is 2. The van der Waals surface area contributed by atoms with Crippen molar-refractivity contribution in [3.05, 3.63) is 76.9 Å². The third-order valence-electron chi connectivity index (χ3n) is 8.80. The van der Waals surface area contributed by atoms with Crippen LogP contribution in [0.25, 0.3) is 0 Å². The van der Waals surface area contributed by atoms with Crippen LogP contribution in [-0.4, -0.2) is 6.61 Å². The number of aryl methyl sites for hydroxylation is 1. The Kier molecular flexibility index (Phi) is 10.0. The second-order valence-electron chi connectivity index (χ2n) is 11.1. The van der Waals surface area contributed by atoms with E-state index in [-0.39, 0.29) is 5.75 Å². The van der Waals surface area contributed by atoms with E-state index in [1.54, 1.807) is 19.1 Å². The molecular formula is C33H44F2O. The van der Waals surface area contributed by atoms with Crippen LogP contribution in [0.1, 0.15) is 113 Å². The highest BCUT2D eigenvalue weighted by atomic mass is 19.2. The molecule has 0 aromatic heterocycles. The van der Waals surface area contributed by atoms with Crippen molar-refractivity contribution in [1.29, 1.82) is 0 Å². The number of benzene rings is 2. The summed E-state index contributed by atoms with van der Waals surface area (Å²) in [6.45, 7) is 4.22. The maximum atomic E-state index is 14.4. The molecule has 2 aromatic carbocycles. The standard InChI is InChI=1S/C33H44F2O/c1-3-5-6-7-24-8-13-26(14-9-24)28-18-20-29(21-19-28)27-15-10-25(11-16-27)12-17-30-22-23-31(36-4-2)33(35)32(30)34/h3,5,18-27H,4,6-17H2,1-2H3/b5-3+. The van der Waals surface area contributed by atoms with Crippen molar-refractivity contribution in [3.8, 4) is 5.75 Å². The van der Waals surface area contributed by atoms with Gasteiger partial charge in [-0.05, 0) is 137 Å². The molecule has 4 rings (SSSR count). The van der Waals surface area contributed by atoms with Gasteiger partial charge in [0, 0.05) is 0 Å². The Morgan fingerprint density at radius 2 is 1.31 bits per heavy atom. The Hall–Kier alpha value is -2.16. The zero-order valence-corrected chi connectivity index (χ0v) is 22.3. The topological polar surface area (TPSA) is 9.23 Å². The van der Waals surface area contributed by atoms with E-state index >= 15 is 0 Å². The molecule has 0 atom stereocenters. The third kappa shape index (κ3) is 6.99. The Labute approximate surface area is 217 Å². The van der Waals surface area contributed by atoms with Crippen molar-refractivity contribution < 1.29 is 13.5 Å². The smallest absolute Gasteiger partial charge is 0.200 e. The lowest BCUT2D eigenvalue weighted by Gasteiger charge is -2.30. The zero-order valence-electron chi connectivity index (χ0n) is 22.3. The number of halogens is 2. The molecular weight excluding hydrogens is 450 g/mol. The van der Waals surface area contributed by atoms with Gasteiger partial charge in [0.1, 0.15) is 0 Å². The average molecular weight is 495 g/mol. The largest absolute Gasteiger partial charge is 0.491 e. The first kappa shape index (κ1) is 26.9. The van der Waals surface area contributed by atoms with E-state index in [9.17, 15) is 8.78 Å². The van der Waals surface area contributed by atoms with Crippen LogP contribution in [0.15, 0.2) is 48.6 Å². The predicted molar refractivity (Wildman–Crippen MR) is 146 cm³/mol. The summed E-state index contributed by atoms with van der Waals surface area (Å²) in [5, 5.41) is 0. The van der Waals surface area contributed by atoms with Gasteiger partial charge >= 0.3 is 0 Å². The van der Waals surface area contributed by atoms with Crippen molar-refractivity contribution in [3.63, 3.8) is 0 Å². The van der Waals surface area contributed by atoms with Crippen molar-refractivity contribution in [2.75, 3.05) is 6.61 Å². The molecule has 1 nitrogen and oxygen atoms in total. The van der Waals surface area contributed by atoms with Crippen LogP contribution in [0.4, 0.5) is 8.78 Å². The molecule has 2 aliphatic carbocycles. The summed E-state index contributed by atoms with van der Waals surface area (Å²) in [7, 11) is 0. The van der Waals surface area contributed by atoms with Crippen molar-refractivity contribution in [2.45, 2.75) is 103 Å². The lowest BCUT2D eigenvalue weighted by Crippen LogP contribution is -2.15. The van der Waals surface area contributed by atoms with Gasteiger partial charge in [-0.15, -0.1) is 0 Å². The highest BCUT2D eigenvalue weighted by Gasteiger charge is 2.25. The quantitative estimate of drug-likeness (QED) is 0.299. The summed E-state index contributed by atoms with van der Waals surface area (Å²) in [4.78, 5) is 0. The predicted octanol–water partition coefficient (Wildman–Crippen LogP) is 9.90. The second-order valence-corrected chi connectivity index (χ2v) is 11.1. The van der Waals surface area contributed by atoms with Gasteiger partial charge in [0.05, 0.1) is 6.61 Å². The lowest BCUT2D eigenvalue weighted by molar-refractivity contribution is 0.304. The van der Waals surface area contributed by atoms with E-state index in [2.05, 4.69) is 43.3 Å². The van der Waals surface area contributed by atoms with Crippen LogP contribution in [0.2, 0.25) is 0 Å². The van der Waals surface area contributed by atoms with E-state index < -0.39 is 11.6 Å². The highest BCUT2D eigenvalue weighted by molar-refractivity contribution is 5.31. The summed E-state index contributed by atoms with van der Waals surface area (Å²) in [6.07, 6.45) is 18.7. The molecule has 2 aliphatic rings. The van der Waals surface area contributed by atoms with Gasteiger partial charge in [0.2, 0.25) is 5.82 Å². The monoisotopic (exact) mass is 494 g/mol. The molecule has 0 saturated heterocycles. The van der Waals surface area contributed by atoms with Crippen molar-refractivity contribution in [2.24, 2.45) is 11.8 Å². The minimum atomic E-state index is -0.848. The Morgan fingerprint density at radius 3 is 1.83 bits per heavy atom. The SMILES string of the molecule is C/C=C/CCC1CCC(c2ccc(C3CCC(CCc4ccc(OCC)c(F)c4F)CC3)cc2)CC1. The number of ether oxygens (including phenoxy) is 1. The first-order valence-electron chi connectivity index (χ1n) is 14.4. The number of rotatable bonds is 10. The summed E-state index contributed by atoms with van der Waals surface area (Å²) < 4.78 is 33.8. The molecule has 0 heterocycles. The molecule has 0 bridgehead atoms. The van der Waals surface area contributed by atoms with E-state index in [1.165, 1.54) is 75.3 Å². The molecule has 196 valence electrons. The van der Waals surface area contributed by atoms with E-state index in [4.69, 9.17) is 4.74 Å². The van der Waals surface area contributed by atoms with Gasteiger partial charge < -0.3 is 4.74 Å². The normalized spacial score (nSPS) is 24.8. The van der Waals surface area contributed by atoms with Gasteiger partial charge in [0.25, 0.3) is 0 Å². The first-order chi connectivity index (χ1) is 17.6. The van der Waals surface area contributed by atoms with Crippen LogP contribution in [-0.2, 0) is 6.42 Å². The van der Waals surface area contributed by atoms with Crippen LogP contribution in [0, 0.1) is 23.5 Å². The summed E-state index contributed by atoms with van der Waals surface area (Å²) in [5.74, 6) is 1.31. The molecule has 3 heteroatoms. The molecule has 0 spiro atoms. The van der Waals surface area contributed by atoms with Crippen LogP contribution >= 0.6 is 0 Å². The Morgan fingerprint density at radius 1 is 0.750 bits per heavy atom. The molecule has 2 saturated carbocycles. The molecule has 2 aromatic rings. The van der Waals surface area contributed by atoms with Gasteiger partial charge in [0.15, 0.2) is 11.6 Å². The maximum absolute atomic E-state index is 14.4. The maximum Gasteiger partial charge on any atom is 0.200 e. The minimum Gasteiger partial charge on any atom is -0.491 e. The van der Waals surface area contributed by atoms with Crippen LogP contribution < -0.4 is 4.74 Å². The number of hydrogen-bond acceptors (Lipinski definition) is 1. The first-order valence-corrected chi connectivity index (χ1v) is 14.4. The second kappa shape index (κ2) is 13.4. The third-order valence-corrected chi connectivity index (χ3v) is 8.80. The van der Waals surface area contributed by atoms with Gasteiger partial charge in [-0.2, -0.15) is 4.39 Å². The molecule has 0 unspecified atom stereocenters. The van der Waals surface area contributed by atoms with E-state index in [0.717, 1.165) is 18.3 Å². The van der Waals surface area contributed by atoms with Gasteiger partial charge in [-0.25, -0.2) is 4.39 Å². The fourth-order valence-corrected chi connectivity index (χ4v) is 6.50. The minimum absolute atomic E-state index is 0.0121. The van der Waals surface area contributed by atoms with E-state index in [0.29, 0.717) is 30.4 Å². The molecule has 0 aliphatic heterocycles. The van der Waals surface area contributed by atoms with Crippen molar-refractivity contribution >= 4 is 0 Å². The summed E-state index contributed by atoms with van der Waals surface area (Å²) >= 11 is 0. The number of hydrogen-bond donors (Lipinski definition) is 0. The van der Waals surface area contributed by atoms with Crippen molar-refractivity contribution in [1.82, 2.24) is 0 Å². The molecule has 0 N–H and O–H groups in total. The molecule has 0 radical (unpaired) electrons. The molecule has 2 fully saturated rings. The molecule has 36 heavy (non-hydrogen) atoms. The zero-order chi connectivity index (χ0) is 25.3. The highest BCUT2D eigenvalue weighted by Crippen LogP contribution is 2.40. The Balaban J connectivity index is 1.21. The van der Waals surface area contributed by atoms with Crippen LogP contribution in [0.5, 0.6) is 5.75 Å². The lowest BCUT2D eigenvalue weighted by atomic mass is 9.75.